The van der Waals surface area contributed by atoms with Crippen molar-refractivity contribution >= 4 is 15.9 Å². The van der Waals surface area contributed by atoms with E-state index in [-0.39, 0.29) is 5.54 Å². The number of rotatable bonds is 7. The average Bonchev–Trinajstić information content (AvgIpc) is 3.23. The quantitative estimate of drug-likeness (QED) is 0.554. The molecule has 4 rings (SSSR count). The predicted octanol–water partition coefficient (Wildman–Crippen LogP) is 4.69. The third-order valence-corrected chi connectivity index (χ3v) is 5.69. The van der Waals surface area contributed by atoms with E-state index in [1.807, 2.05) is 37.3 Å². The molecule has 0 saturated carbocycles. The van der Waals surface area contributed by atoms with Crippen molar-refractivity contribution in [2.24, 2.45) is 0 Å². The maximum absolute atomic E-state index is 5.69. The summed E-state index contributed by atoms with van der Waals surface area (Å²) in [5, 5.41) is 7.84. The molecule has 6 nitrogen and oxygen atoms in total. The number of ether oxygens (including phenoxy) is 2. The molecule has 0 atom stereocenters. The number of para-hydroxylation sites is 1. The van der Waals surface area contributed by atoms with Crippen LogP contribution in [0.15, 0.2) is 57.5 Å². The maximum atomic E-state index is 5.69. The normalized spacial score (nSPS) is 15.9. The van der Waals surface area contributed by atoms with Gasteiger partial charge in [0.2, 0.25) is 11.7 Å². The molecule has 1 saturated heterocycles. The Labute approximate surface area is 178 Å². The molecule has 3 aromatic rings. The van der Waals surface area contributed by atoms with Gasteiger partial charge >= 0.3 is 0 Å². The smallest absolute Gasteiger partial charge is 0.240 e. The molecule has 2 aromatic carbocycles. The van der Waals surface area contributed by atoms with Gasteiger partial charge in [-0.3, -0.25) is 5.32 Å². The van der Waals surface area contributed by atoms with Crippen molar-refractivity contribution in [2.75, 3.05) is 19.8 Å². The molecule has 0 bridgehead atoms. The van der Waals surface area contributed by atoms with E-state index in [0.717, 1.165) is 41.8 Å². The Morgan fingerprint density at radius 1 is 1.14 bits per heavy atom. The van der Waals surface area contributed by atoms with E-state index in [1.54, 1.807) is 0 Å². The number of aromatic nitrogens is 2. The minimum Gasteiger partial charge on any atom is -0.493 e. The van der Waals surface area contributed by atoms with Crippen LogP contribution < -0.4 is 10.1 Å². The minimum absolute atomic E-state index is 0.181. The Balaban J connectivity index is 1.54. The van der Waals surface area contributed by atoms with Crippen LogP contribution in [0.1, 0.15) is 31.2 Å². The van der Waals surface area contributed by atoms with Gasteiger partial charge in [0.05, 0.1) is 18.7 Å². The van der Waals surface area contributed by atoms with Crippen molar-refractivity contribution in [3.63, 3.8) is 0 Å². The monoisotopic (exact) mass is 457 g/mol. The van der Waals surface area contributed by atoms with Crippen LogP contribution >= 0.6 is 15.9 Å². The van der Waals surface area contributed by atoms with Gasteiger partial charge in [-0.1, -0.05) is 45.4 Å². The van der Waals surface area contributed by atoms with E-state index < -0.39 is 0 Å². The molecule has 0 aliphatic carbocycles. The summed E-state index contributed by atoms with van der Waals surface area (Å²) in [6.45, 7) is 4.46. The zero-order valence-electron chi connectivity index (χ0n) is 16.4. The second-order valence-corrected chi connectivity index (χ2v) is 7.91. The Kier molecular flexibility index (Phi) is 6.28. The van der Waals surface area contributed by atoms with E-state index in [2.05, 4.69) is 49.6 Å². The number of hydrogen-bond donors (Lipinski definition) is 1. The molecule has 152 valence electrons. The zero-order chi connectivity index (χ0) is 20.1. The van der Waals surface area contributed by atoms with Crippen LogP contribution in [-0.4, -0.2) is 30.0 Å². The lowest BCUT2D eigenvalue weighted by Crippen LogP contribution is -2.46. The summed E-state index contributed by atoms with van der Waals surface area (Å²) >= 11 is 3.59. The highest BCUT2D eigenvalue weighted by molar-refractivity contribution is 9.10. The molecule has 2 heterocycles. The molecule has 1 aromatic heterocycles. The lowest BCUT2D eigenvalue weighted by Gasteiger charge is -2.38. The summed E-state index contributed by atoms with van der Waals surface area (Å²) in [4.78, 5) is 4.59. The molecular weight excluding hydrogens is 434 g/mol. The number of hydrogen-bond acceptors (Lipinski definition) is 6. The van der Waals surface area contributed by atoms with Gasteiger partial charge in [-0.05, 0) is 49.6 Å². The van der Waals surface area contributed by atoms with Crippen LogP contribution in [-0.2, 0) is 16.8 Å². The van der Waals surface area contributed by atoms with Crippen LogP contribution in [0.25, 0.3) is 11.4 Å². The minimum atomic E-state index is -0.181. The first kappa shape index (κ1) is 20.1. The SMILES string of the molecule is CCOc1ccccc1-c1noc(CNC2(c3cccc(Br)c3)CCOCC2)n1. The van der Waals surface area contributed by atoms with Crippen LogP contribution in [0.2, 0.25) is 0 Å². The highest BCUT2D eigenvalue weighted by Gasteiger charge is 2.34. The topological polar surface area (TPSA) is 69.4 Å². The lowest BCUT2D eigenvalue weighted by atomic mass is 9.82. The molecule has 1 aliphatic rings. The zero-order valence-corrected chi connectivity index (χ0v) is 17.9. The van der Waals surface area contributed by atoms with Gasteiger partial charge in [0, 0.05) is 23.2 Å². The van der Waals surface area contributed by atoms with Crippen molar-refractivity contribution in [3.8, 4) is 17.1 Å². The average molecular weight is 458 g/mol. The van der Waals surface area contributed by atoms with Gasteiger partial charge in [-0.25, -0.2) is 0 Å². The second-order valence-electron chi connectivity index (χ2n) is 7.00. The largest absolute Gasteiger partial charge is 0.493 e. The Morgan fingerprint density at radius 3 is 2.76 bits per heavy atom. The maximum Gasteiger partial charge on any atom is 0.240 e. The Hall–Kier alpha value is -2.22. The van der Waals surface area contributed by atoms with Crippen molar-refractivity contribution in [1.29, 1.82) is 0 Å². The predicted molar refractivity (Wildman–Crippen MR) is 114 cm³/mol. The molecule has 1 N–H and O–H groups in total. The van der Waals surface area contributed by atoms with Gasteiger partial charge in [0.15, 0.2) is 0 Å². The molecule has 1 aliphatic heterocycles. The first-order valence-corrected chi connectivity index (χ1v) is 10.6. The van der Waals surface area contributed by atoms with Gasteiger partial charge in [0.25, 0.3) is 0 Å². The van der Waals surface area contributed by atoms with E-state index in [4.69, 9.17) is 14.0 Å². The number of nitrogens with zero attached hydrogens (tertiary/aromatic N) is 2. The third kappa shape index (κ3) is 4.52. The number of nitrogens with one attached hydrogen (secondary N) is 1. The highest BCUT2D eigenvalue weighted by atomic mass is 79.9. The van der Waals surface area contributed by atoms with Crippen molar-refractivity contribution in [2.45, 2.75) is 31.8 Å². The van der Waals surface area contributed by atoms with Gasteiger partial charge in [-0.2, -0.15) is 4.98 Å². The third-order valence-electron chi connectivity index (χ3n) is 5.20. The molecule has 0 spiro atoms. The van der Waals surface area contributed by atoms with E-state index in [9.17, 15) is 0 Å². The van der Waals surface area contributed by atoms with Crippen molar-refractivity contribution in [3.05, 3.63) is 64.5 Å². The fourth-order valence-corrected chi connectivity index (χ4v) is 4.09. The van der Waals surface area contributed by atoms with E-state index in [0.29, 0.717) is 24.9 Å². The Bertz CT molecular complexity index is 954. The summed E-state index contributed by atoms with van der Waals surface area (Å²) < 4.78 is 17.9. The standard InChI is InChI=1S/C22H24BrN3O3/c1-2-28-19-9-4-3-8-18(19)21-25-20(29-26-21)15-24-22(10-12-27-13-11-22)16-6-5-7-17(23)14-16/h3-9,14,24H,2,10-13,15H2,1H3. The molecule has 0 amide bonds. The second kappa shape index (κ2) is 9.07. The molecule has 1 fully saturated rings. The highest BCUT2D eigenvalue weighted by Crippen LogP contribution is 2.34. The lowest BCUT2D eigenvalue weighted by molar-refractivity contribution is 0.0346. The van der Waals surface area contributed by atoms with E-state index >= 15 is 0 Å². The fourth-order valence-electron chi connectivity index (χ4n) is 3.69. The summed E-state index contributed by atoms with van der Waals surface area (Å²) in [5.74, 6) is 1.84. The first-order chi connectivity index (χ1) is 14.2. The van der Waals surface area contributed by atoms with Crippen molar-refractivity contribution in [1.82, 2.24) is 15.5 Å². The van der Waals surface area contributed by atoms with Gasteiger partial charge < -0.3 is 14.0 Å². The van der Waals surface area contributed by atoms with Crippen LogP contribution in [0.3, 0.4) is 0 Å². The van der Waals surface area contributed by atoms with Crippen LogP contribution in [0, 0.1) is 0 Å². The van der Waals surface area contributed by atoms with E-state index in [1.165, 1.54) is 5.56 Å². The number of benzene rings is 2. The summed E-state index contributed by atoms with van der Waals surface area (Å²) in [6, 6.07) is 16.1. The van der Waals surface area contributed by atoms with Gasteiger partial charge in [-0.15, -0.1) is 0 Å². The van der Waals surface area contributed by atoms with Gasteiger partial charge in [0.1, 0.15) is 5.75 Å². The summed E-state index contributed by atoms with van der Waals surface area (Å²) in [6.07, 6.45) is 1.77. The molecule has 7 heteroatoms. The molecule has 0 unspecified atom stereocenters. The van der Waals surface area contributed by atoms with Crippen LogP contribution in [0.5, 0.6) is 5.75 Å². The molecular formula is C22H24BrN3O3. The first-order valence-electron chi connectivity index (χ1n) is 9.84. The summed E-state index contributed by atoms with van der Waals surface area (Å²) in [5.41, 5.74) is 1.88. The van der Waals surface area contributed by atoms with Crippen molar-refractivity contribution < 1.29 is 14.0 Å². The fraction of sp³-hybridized carbons (Fsp3) is 0.364. The Morgan fingerprint density at radius 2 is 1.97 bits per heavy atom. The number of halogens is 1. The molecule has 29 heavy (non-hydrogen) atoms. The summed E-state index contributed by atoms with van der Waals surface area (Å²) in [7, 11) is 0. The van der Waals surface area contributed by atoms with Crippen LogP contribution in [0.4, 0.5) is 0 Å². The molecule has 0 radical (unpaired) electrons.